The molecule has 0 heterocycles. The van der Waals surface area contributed by atoms with E-state index in [1.807, 2.05) is 73.6 Å². The van der Waals surface area contributed by atoms with Gasteiger partial charge in [0.2, 0.25) is 0 Å². The molecule has 0 bridgehead atoms. The first-order valence-corrected chi connectivity index (χ1v) is 7.91. The molecular weight excluding hydrogens is 302 g/mol. The van der Waals surface area contributed by atoms with E-state index in [2.05, 4.69) is 10.3 Å². The van der Waals surface area contributed by atoms with Crippen LogP contribution in [0.15, 0.2) is 59.6 Å². The van der Waals surface area contributed by atoms with Crippen LogP contribution < -0.4 is 10.1 Å². The second kappa shape index (κ2) is 8.93. The van der Waals surface area contributed by atoms with Crippen molar-refractivity contribution in [3.05, 3.63) is 65.7 Å². The van der Waals surface area contributed by atoms with Crippen molar-refractivity contribution in [1.82, 2.24) is 10.2 Å². The van der Waals surface area contributed by atoms with Crippen molar-refractivity contribution in [1.29, 1.82) is 0 Å². The standard InChI is InChI=1S/C19H25N3O2/c1-22(2)19(20-13-15-7-5-4-6-8-15)21-14-18(23)16-9-11-17(24-3)12-10-16/h4-12,18,23H,13-14H2,1-3H3,(H,20,21). The van der Waals surface area contributed by atoms with E-state index in [0.717, 1.165) is 22.8 Å². The predicted octanol–water partition coefficient (Wildman–Crippen LogP) is 2.44. The molecule has 0 saturated heterocycles. The number of benzene rings is 2. The Hall–Kier alpha value is -2.53. The van der Waals surface area contributed by atoms with Crippen LogP contribution in [-0.4, -0.2) is 43.7 Å². The van der Waals surface area contributed by atoms with Gasteiger partial charge in [-0.05, 0) is 23.3 Å². The van der Waals surface area contributed by atoms with Crippen LogP contribution in [0.1, 0.15) is 17.2 Å². The highest BCUT2D eigenvalue weighted by molar-refractivity contribution is 5.79. The highest BCUT2D eigenvalue weighted by atomic mass is 16.5. The van der Waals surface area contributed by atoms with Crippen LogP contribution in [0.2, 0.25) is 0 Å². The summed E-state index contributed by atoms with van der Waals surface area (Å²) in [5.74, 6) is 1.52. The van der Waals surface area contributed by atoms with Crippen LogP contribution in [0.25, 0.3) is 0 Å². The number of ether oxygens (including phenoxy) is 1. The van der Waals surface area contributed by atoms with E-state index in [1.54, 1.807) is 7.11 Å². The fraction of sp³-hybridized carbons (Fsp3) is 0.316. The number of aliphatic hydroxyl groups is 1. The third-order valence-electron chi connectivity index (χ3n) is 3.63. The Morgan fingerprint density at radius 2 is 1.79 bits per heavy atom. The number of methoxy groups -OCH3 is 1. The van der Waals surface area contributed by atoms with Crippen LogP contribution in [-0.2, 0) is 6.54 Å². The molecule has 1 unspecified atom stereocenters. The van der Waals surface area contributed by atoms with Gasteiger partial charge < -0.3 is 20.1 Å². The Morgan fingerprint density at radius 3 is 2.38 bits per heavy atom. The van der Waals surface area contributed by atoms with Crippen molar-refractivity contribution >= 4 is 5.96 Å². The molecule has 0 aliphatic heterocycles. The monoisotopic (exact) mass is 327 g/mol. The normalized spacial score (nSPS) is 12.6. The second-order valence-corrected chi connectivity index (χ2v) is 5.69. The molecule has 0 aliphatic rings. The molecule has 2 aromatic rings. The molecule has 0 saturated carbocycles. The van der Waals surface area contributed by atoms with Crippen molar-refractivity contribution in [2.24, 2.45) is 4.99 Å². The van der Waals surface area contributed by atoms with E-state index in [1.165, 1.54) is 0 Å². The average Bonchev–Trinajstić information content (AvgIpc) is 2.62. The van der Waals surface area contributed by atoms with Gasteiger partial charge in [-0.15, -0.1) is 0 Å². The molecule has 2 N–H and O–H groups in total. The van der Waals surface area contributed by atoms with Crippen molar-refractivity contribution in [2.45, 2.75) is 12.6 Å². The Morgan fingerprint density at radius 1 is 1.12 bits per heavy atom. The number of aliphatic hydroxyl groups excluding tert-OH is 1. The van der Waals surface area contributed by atoms with Crippen molar-refractivity contribution in [3.63, 3.8) is 0 Å². The number of nitrogens with zero attached hydrogens (tertiary/aromatic N) is 2. The average molecular weight is 327 g/mol. The molecule has 24 heavy (non-hydrogen) atoms. The molecule has 2 rings (SSSR count). The summed E-state index contributed by atoms with van der Waals surface area (Å²) in [6, 6.07) is 17.5. The lowest BCUT2D eigenvalue weighted by Crippen LogP contribution is -2.38. The van der Waals surface area contributed by atoms with Crippen LogP contribution in [0, 0.1) is 0 Å². The summed E-state index contributed by atoms with van der Waals surface area (Å²) < 4.78 is 5.13. The van der Waals surface area contributed by atoms with Gasteiger partial charge in [-0.3, -0.25) is 0 Å². The van der Waals surface area contributed by atoms with Gasteiger partial charge in [-0.25, -0.2) is 4.99 Å². The Labute approximate surface area is 143 Å². The summed E-state index contributed by atoms with van der Waals surface area (Å²) in [6.45, 7) is 0.984. The molecule has 0 radical (unpaired) electrons. The number of guanidine groups is 1. The van der Waals surface area contributed by atoms with Gasteiger partial charge in [0.05, 0.1) is 19.8 Å². The molecule has 5 nitrogen and oxygen atoms in total. The summed E-state index contributed by atoms with van der Waals surface area (Å²) in [5.41, 5.74) is 1.99. The van der Waals surface area contributed by atoms with Crippen molar-refractivity contribution in [2.75, 3.05) is 27.7 Å². The summed E-state index contributed by atoms with van der Waals surface area (Å²) >= 11 is 0. The molecule has 0 aliphatic carbocycles. The fourth-order valence-electron chi connectivity index (χ4n) is 2.24. The molecule has 1 atom stereocenters. The van der Waals surface area contributed by atoms with Crippen molar-refractivity contribution in [3.8, 4) is 5.75 Å². The van der Waals surface area contributed by atoms with E-state index < -0.39 is 6.10 Å². The lowest BCUT2D eigenvalue weighted by atomic mass is 10.1. The molecule has 0 aromatic heterocycles. The van der Waals surface area contributed by atoms with Crippen molar-refractivity contribution < 1.29 is 9.84 Å². The summed E-state index contributed by atoms with van der Waals surface area (Å²) in [5, 5.41) is 13.5. The van der Waals surface area contributed by atoms with Crippen LogP contribution in [0.4, 0.5) is 0 Å². The zero-order valence-corrected chi connectivity index (χ0v) is 14.4. The zero-order chi connectivity index (χ0) is 17.4. The first-order valence-electron chi connectivity index (χ1n) is 7.91. The predicted molar refractivity (Wildman–Crippen MR) is 97.2 cm³/mol. The Balaban J connectivity index is 1.94. The Kier molecular flexibility index (Phi) is 6.63. The maximum Gasteiger partial charge on any atom is 0.193 e. The topological polar surface area (TPSA) is 57.1 Å². The molecule has 0 spiro atoms. The van der Waals surface area contributed by atoms with E-state index in [0.29, 0.717) is 13.1 Å². The number of hydrogen-bond acceptors (Lipinski definition) is 3. The van der Waals surface area contributed by atoms with Gasteiger partial charge in [0.25, 0.3) is 0 Å². The van der Waals surface area contributed by atoms with Crippen LogP contribution in [0.5, 0.6) is 5.75 Å². The molecule has 5 heteroatoms. The van der Waals surface area contributed by atoms with E-state index in [4.69, 9.17) is 4.74 Å². The largest absolute Gasteiger partial charge is 0.497 e. The number of nitrogens with one attached hydrogen (secondary N) is 1. The second-order valence-electron chi connectivity index (χ2n) is 5.69. The van der Waals surface area contributed by atoms with Crippen LogP contribution in [0.3, 0.4) is 0 Å². The van der Waals surface area contributed by atoms with E-state index >= 15 is 0 Å². The number of aliphatic imine (C=N–C) groups is 1. The highest BCUT2D eigenvalue weighted by Gasteiger charge is 2.10. The lowest BCUT2D eigenvalue weighted by Gasteiger charge is -2.20. The minimum Gasteiger partial charge on any atom is -0.497 e. The zero-order valence-electron chi connectivity index (χ0n) is 14.4. The minimum atomic E-state index is -0.613. The maximum absolute atomic E-state index is 10.3. The van der Waals surface area contributed by atoms with Gasteiger partial charge in [-0.2, -0.15) is 0 Å². The van der Waals surface area contributed by atoms with Gasteiger partial charge >= 0.3 is 0 Å². The first kappa shape index (κ1) is 17.8. The maximum atomic E-state index is 10.3. The number of rotatable bonds is 6. The smallest absolute Gasteiger partial charge is 0.193 e. The number of hydrogen-bond donors (Lipinski definition) is 2. The molecule has 0 fully saturated rings. The summed E-state index contributed by atoms with van der Waals surface area (Å²) in [4.78, 5) is 6.49. The quantitative estimate of drug-likeness (QED) is 0.632. The third-order valence-corrected chi connectivity index (χ3v) is 3.63. The van der Waals surface area contributed by atoms with E-state index in [-0.39, 0.29) is 0 Å². The molecule has 128 valence electrons. The Bertz CT molecular complexity index is 639. The van der Waals surface area contributed by atoms with Gasteiger partial charge in [0.1, 0.15) is 5.75 Å². The molecule has 2 aromatic carbocycles. The summed E-state index contributed by atoms with van der Waals surface area (Å²) in [7, 11) is 5.48. The fourth-order valence-corrected chi connectivity index (χ4v) is 2.24. The highest BCUT2D eigenvalue weighted by Crippen LogP contribution is 2.17. The summed E-state index contributed by atoms with van der Waals surface area (Å²) in [6.07, 6.45) is -0.613. The minimum absolute atomic E-state index is 0.387. The van der Waals surface area contributed by atoms with E-state index in [9.17, 15) is 5.11 Å². The third kappa shape index (κ3) is 5.28. The van der Waals surface area contributed by atoms with Gasteiger partial charge in [0.15, 0.2) is 5.96 Å². The molecule has 0 amide bonds. The van der Waals surface area contributed by atoms with Gasteiger partial charge in [-0.1, -0.05) is 42.5 Å². The van der Waals surface area contributed by atoms with Gasteiger partial charge in [0, 0.05) is 20.6 Å². The SMILES string of the molecule is COc1ccc(C(O)CNC(=NCc2ccccc2)N(C)C)cc1. The molecular formula is C19H25N3O2. The first-order chi connectivity index (χ1) is 11.6. The van der Waals surface area contributed by atoms with Crippen LogP contribution >= 0.6 is 0 Å². The lowest BCUT2D eigenvalue weighted by molar-refractivity contribution is 0.180.